The van der Waals surface area contributed by atoms with E-state index in [9.17, 15) is 14.7 Å². The fourth-order valence-electron chi connectivity index (χ4n) is 6.83. The monoisotopic (exact) mass is 582 g/mol. The molecule has 2 aliphatic heterocycles. The van der Waals surface area contributed by atoms with E-state index < -0.39 is 12.4 Å². The van der Waals surface area contributed by atoms with Crippen molar-refractivity contribution in [2.45, 2.75) is 44.8 Å². The second kappa shape index (κ2) is 10.8. The molecular formula is C33H35FN6O3. The van der Waals surface area contributed by atoms with Crippen molar-refractivity contribution in [3.8, 4) is 11.3 Å². The number of nitrogens with zero attached hydrogens (tertiary/aromatic N) is 5. The van der Waals surface area contributed by atoms with Crippen LogP contribution in [0.15, 0.2) is 53.5 Å². The summed E-state index contributed by atoms with van der Waals surface area (Å²) in [7, 11) is 3.71. The van der Waals surface area contributed by atoms with Crippen molar-refractivity contribution in [2.75, 3.05) is 36.9 Å². The number of benzene rings is 2. The number of amides is 1. The van der Waals surface area contributed by atoms with Gasteiger partial charge in [-0.15, -0.1) is 0 Å². The van der Waals surface area contributed by atoms with Gasteiger partial charge in [0.1, 0.15) is 11.5 Å². The average Bonchev–Trinajstić information content (AvgIpc) is 3.38. The Labute approximate surface area is 249 Å². The number of likely N-dealkylation sites (N-methyl/N-ethyl adjacent to an activating group) is 1. The molecule has 1 saturated heterocycles. The highest BCUT2D eigenvalue weighted by Crippen LogP contribution is 2.36. The summed E-state index contributed by atoms with van der Waals surface area (Å²) < 4.78 is 18.7. The summed E-state index contributed by atoms with van der Waals surface area (Å²) in [6.07, 6.45) is 5.68. The molecule has 0 saturated carbocycles. The zero-order valence-electron chi connectivity index (χ0n) is 24.4. The highest BCUT2D eigenvalue weighted by atomic mass is 19.1. The Balaban J connectivity index is 1.23. The van der Waals surface area contributed by atoms with Gasteiger partial charge in [0, 0.05) is 67.8 Å². The van der Waals surface area contributed by atoms with Gasteiger partial charge in [-0.2, -0.15) is 0 Å². The van der Waals surface area contributed by atoms with Gasteiger partial charge in [0.2, 0.25) is 0 Å². The van der Waals surface area contributed by atoms with Gasteiger partial charge in [-0.3, -0.25) is 9.59 Å². The predicted octanol–water partition coefficient (Wildman–Crippen LogP) is 4.19. The first kappa shape index (κ1) is 27.5. The van der Waals surface area contributed by atoms with E-state index >= 15 is 4.39 Å². The van der Waals surface area contributed by atoms with Crippen molar-refractivity contribution in [3.63, 3.8) is 0 Å². The van der Waals surface area contributed by atoms with Crippen molar-refractivity contribution in [1.29, 1.82) is 0 Å². The molecule has 2 aromatic heterocycles. The van der Waals surface area contributed by atoms with Crippen LogP contribution in [0.25, 0.3) is 11.3 Å². The molecule has 43 heavy (non-hydrogen) atoms. The van der Waals surface area contributed by atoms with Gasteiger partial charge < -0.3 is 29.4 Å². The van der Waals surface area contributed by atoms with Crippen LogP contribution in [-0.4, -0.2) is 56.7 Å². The number of hydrogen-bond acceptors (Lipinski definition) is 6. The van der Waals surface area contributed by atoms with E-state index in [1.165, 1.54) is 39.7 Å². The summed E-state index contributed by atoms with van der Waals surface area (Å²) in [5.41, 5.74) is 6.02. The van der Waals surface area contributed by atoms with E-state index in [0.29, 0.717) is 52.9 Å². The quantitative estimate of drug-likeness (QED) is 0.354. The Morgan fingerprint density at radius 1 is 1.02 bits per heavy atom. The number of rotatable bonds is 6. The number of likely N-dealkylation sites (tertiary alicyclic amines) is 1. The Morgan fingerprint density at radius 2 is 1.79 bits per heavy atom. The number of nitrogens with one attached hydrogen (secondary N) is 1. The Kier molecular flexibility index (Phi) is 6.90. The lowest BCUT2D eigenvalue weighted by molar-refractivity contribution is 0.0964. The highest BCUT2D eigenvalue weighted by molar-refractivity contribution is 6.07. The van der Waals surface area contributed by atoms with Crippen LogP contribution >= 0.6 is 0 Å². The molecule has 2 N–H and O–H groups in total. The number of aliphatic hydroxyl groups is 1. The number of carbonyl (C=O) groups is 1. The average molecular weight is 583 g/mol. The van der Waals surface area contributed by atoms with Crippen LogP contribution in [0.4, 0.5) is 21.6 Å². The van der Waals surface area contributed by atoms with Crippen LogP contribution in [0.3, 0.4) is 0 Å². The number of anilines is 3. The minimum atomic E-state index is -0.558. The van der Waals surface area contributed by atoms with Gasteiger partial charge >= 0.3 is 0 Å². The molecular weight excluding hydrogens is 547 g/mol. The van der Waals surface area contributed by atoms with E-state index in [-0.39, 0.29) is 17.3 Å². The predicted molar refractivity (Wildman–Crippen MR) is 164 cm³/mol. The van der Waals surface area contributed by atoms with Gasteiger partial charge in [-0.25, -0.2) is 9.37 Å². The smallest absolute Gasteiger partial charge is 0.293 e. The molecule has 0 bridgehead atoms. The molecule has 9 nitrogen and oxygen atoms in total. The van der Waals surface area contributed by atoms with E-state index in [2.05, 4.69) is 38.9 Å². The molecule has 0 atom stereocenters. The van der Waals surface area contributed by atoms with E-state index in [1.807, 2.05) is 18.2 Å². The van der Waals surface area contributed by atoms with Crippen LogP contribution in [0.1, 0.15) is 51.6 Å². The normalized spacial score (nSPS) is 17.0. The van der Waals surface area contributed by atoms with Crippen molar-refractivity contribution in [2.24, 2.45) is 7.05 Å². The maximum absolute atomic E-state index is 15.2. The summed E-state index contributed by atoms with van der Waals surface area (Å²) in [5, 5.41) is 13.7. The van der Waals surface area contributed by atoms with Gasteiger partial charge in [0.15, 0.2) is 5.82 Å². The van der Waals surface area contributed by atoms with Crippen LogP contribution in [0.2, 0.25) is 0 Å². The lowest BCUT2D eigenvalue weighted by atomic mass is 9.92. The number of aryl methyl sites for hydroxylation is 2. The van der Waals surface area contributed by atoms with Gasteiger partial charge in [0.25, 0.3) is 11.5 Å². The topological polar surface area (TPSA) is 95.6 Å². The number of hydrogen-bond donors (Lipinski definition) is 2. The zero-order valence-corrected chi connectivity index (χ0v) is 24.4. The van der Waals surface area contributed by atoms with Crippen molar-refractivity contribution in [1.82, 2.24) is 19.0 Å². The summed E-state index contributed by atoms with van der Waals surface area (Å²) in [6, 6.07) is 12.5. The van der Waals surface area contributed by atoms with Crippen molar-refractivity contribution >= 4 is 23.1 Å². The Hall–Kier alpha value is -4.28. The van der Waals surface area contributed by atoms with E-state index in [1.54, 1.807) is 11.9 Å². The van der Waals surface area contributed by atoms with Crippen molar-refractivity contribution < 1.29 is 14.3 Å². The minimum Gasteiger partial charge on any atom is -0.392 e. The fourth-order valence-corrected chi connectivity index (χ4v) is 6.83. The highest BCUT2D eigenvalue weighted by Gasteiger charge is 2.32. The molecule has 1 fully saturated rings. The molecule has 1 aliphatic carbocycles. The first-order valence-corrected chi connectivity index (χ1v) is 14.9. The molecule has 0 spiro atoms. The standard InChI is InChI=1S/C33H35FN6O3/c1-37-16-22(17-37)20-7-9-24(10-8-20)35-31-33(43)38(2)18-27(36-31)25-14-23(34)15-29(26(25)19-41)40-12-11-39-28-6-4-3-5-21(28)13-30(39)32(40)42/h7-10,13-15,18,22,41H,3-6,11-12,16-17,19H2,1-2H3,(H,35,36). The second-order valence-electron chi connectivity index (χ2n) is 12.0. The van der Waals surface area contributed by atoms with Crippen LogP contribution in [-0.2, 0) is 33.0 Å². The Bertz CT molecular complexity index is 1790. The largest absolute Gasteiger partial charge is 0.392 e. The molecule has 7 rings (SSSR count). The molecule has 10 heteroatoms. The number of aromatic nitrogens is 3. The van der Waals surface area contributed by atoms with Gasteiger partial charge in [-0.1, -0.05) is 12.1 Å². The lowest BCUT2D eigenvalue weighted by Crippen LogP contribution is -2.41. The third kappa shape index (κ3) is 4.84. The fraction of sp³-hybridized carbons (Fsp3) is 0.364. The Morgan fingerprint density at radius 3 is 2.53 bits per heavy atom. The molecule has 0 radical (unpaired) electrons. The molecule has 4 heterocycles. The van der Waals surface area contributed by atoms with Crippen LogP contribution < -0.4 is 15.8 Å². The maximum Gasteiger partial charge on any atom is 0.293 e. The molecule has 2 aromatic carbocycles. The van der Waals surface area contributed by atoms with Gasteiger partial charge in [-0.05, 0) is 74.2 Å². The molecule has 3 aliphatic rings. The van der Waals surface area contributed by atoms with Crippen LogP contribution in [0.5, 0.6) is 0 Å². The van der Waals surface area contributed by atoms with Crippen molar-refractivity contribution in [3.05, 3.63) is 92.9 Å². The second-order valence-corrected chi connectivity index (χ2v) is 12.0. The first-order valence-electron chi connectivity index (χ1n) is 14.9. The van der Waals surface area contributed by atoms with E-state index in [4.69, 9.17) is 0 Å². The molecule has 0 unspecified atom stereocenters. The summed E-state index contributed by atoms with van der Waals surface area (Å²) in [5.74, 6) is -0.172. The lowest BCUT2D eigenvalue weighted by Gasteiger charge is -2.36. The number of halogens is 1. The molecule has 4 aromatic rings. The third-order valence-electron chi connectivity index (χ3n) is 9.12. The third-order valence-corrected chi connectivity index (χ3v) is 9.12. The molecule has 222 valence electrons. The number of carbonyl (C=O) groups excluding carboxylic acids is 1. The first-order chi connectivity index (χ1) is 20.8. The van der Waals surface area contributed by atoms with Crippen LogP contribution in [0, 0.1) is 5.82 Å². The summed E-state index contributed by atoms with van der Waals surface area (Å²) >= 11 is 0. The summed E-state index contributed by atoms with van der Waals surface area (Å²) in [6.45, 7) is 2.59. The van der Waals surface area contributed by atoms with Gasteiger partial charge in [0.05, 0.1) is 18.0 Å². The SMILES string of the molecule is CN1CC(c2ccc(Nc3nc(-c4cc(F)cc(N5CCn6c(cc7c6CCCC7)C5=O)c4CO)cn(C)c3=O)cc2)C1. The number of aliphatic hydroxyl groups excluding tert-OH is 1. The molecule has 1 amide bonds. The zero-order chi connectivity index (χ0) is 29.8. The summed E-state index contributed by atoms with van der Waals surface area (Å²) in [4.78, 5) is 35.2. The maximum atomic E-state index is 15.2. The number of fused-ring (bicyclic) bond motifs is 3. The minimum absolute atomic E-state index is 0.0864. The van der Waals surface area contributed by atoms with E-state index in [0.717, 1.165) is 38.8 Å².